The molecule has 8 nitrogen and oxygen atoms in total. The van der Waals surface area contributed by atoms with E-state index in [2.05, 4.69) is 15.3 Å². The van der Waals surface area contributed by atoms with Gasteiger partial charge in [0.15, 0.2) is 5.69 Å². The second-order valence-electron chi connectivity index (χ2n) is 6.21. The summed E-state index contributed by atoms with van der Waals surface area (Å²) in [6, 6.07) is 0. The quantitative estimate of drug-likeness (QED) is 0.557. The zero-order valence-electron chi connectivity index (χ0n) is 15.2. The summed E-state index contributed by atoms with van der Waals surface area (Å²) in [5.74, 6) is -1.22. The fraction of sp³-hybridized carbons (Fsp3) is 0.412. The van der Waals surface area contributed by atoms with Gasteiger partial charge in [0.1, 0.15) is 5.00 Å². The standard InChI is InChI=1S/C17H18ClN3O5S2/c1-3-26-16(23)12-9-6-4-5-7-11(9)27-15(12)21-14(22)13-10(18)8-19-17(20-13)28(2,24)25/h8H,3-7H2,1-2H3,(H,21,22). The van der Waals surface area contributed by atoms with Crippen LogP contribution in [0.5, 0.6) is 0 Å². The number of esters is 1. The van der Waals surface area contributed by atoms with Crippen molar-refractivity contribution < 1.29 is 22.7 Å². The molecule has 0 saturated heterocycles. The molecule has 0 radical (unpaired) electrons. The third kappa shape index (κ3) is 4.18. The molecule has 1 amide bonds. The number of hydrogen-bond donors (Lipinski definition) is 1. The van der Waals surface area contributed by atoms with Crippen LogP contribution in [0.2, 0.25) is 5.02 Å². The molecule has 2 heterocycles. The van der Waals surface area contributed by atoms with Gasteiger partial charge in [-0.3, -0.25) is 4.79 Å². The van der Waals surface area contributed by atoms with Crippen LogP contribution in [0, 0.1) is 0 Å². The van der Waals surface area contributed by atoms with Gasteiger partial charge in [-0.2, -0.15) is 0 Å². The van der Waals surface area contributed by atoms with Crippen molar-refractivity contribution in [1.29, 1.82) is 0 Å². The van der Waals surface area contributed by atoms with Crippen LogP contribution >= 0.6 is 22.9 Å². The number of nitrogens with one attached hydrogen (secondary N) is 1. The lowest BCUT2D eigenvalue weighted by Gasteiger charge is -2.12. The van der Waals surface area contributed by atoms with Gasteiger partial charge in [0, 0.05) is 11.1 Å². The van der Waals surface area contributed by atoms with E-state index < -0.39 is 26.9 Å². The van der Waals surface area contributed by atoms with Gasteiger partial charge in [0.05, 0.1) is 23.4 Å². The van der Waals surface area contributed by atoms with E-state index in [1.54, 1.807) is 6.92 Å². The molecule has 11 heteroatoms. The Morgan fingerprint density at radius 3 is 2.71 bits per heavy atom. The Hall–Kier alpha value is -2.04. The Balaban J connectivity index is 1.99. The van der Waals surface area contributed by atoms with E-state index in [0.29, 0.717) is 10.6 Å². The number of nitrogens with zero attached hydrogens (tertiary/aromatic N) is 2. The molecule has 0 atom stereocenters. The number of carbonyl (C=O) groups excluding carboxylic acids is 2. The van der Waals surface area contributed by atoms with Gasteiger partial charge in [0.25, 0.3) is 5.91 Å². The normalized spacial score (nSPS) is 13.7. The molecule has 2 aromatic rings. The summed E-state index contributed by atoms with van der Waals surface area (Å²) in [5, 5.41) is 2.41. The SMILES string of the molecule is CCOC(=O)c1c(NC(=O)c2nc(S(C)(=O)=O)ncc2Cl)sc2c1CCCC2. The molecule has 150 valence electrons. The van der Waals surface area contributed by atoms with Crippen LogP contribution in [0.25, 0.3) is 0 Å². The number of fused-ring (bicyclic) bond motifs is 1. The van der Waals surface area contributed by atoms with Gasteiger partial charge in [-0.25, -0.2) is 23.2 Å². The molecule has 1 aliphatic rings. The van der Waals surface area contributed by atoms with Crippen LogP contribution < -0.4 is 5.32 Å². The van der Waals surface area contributed by atoms with E-state index in [0.717, 1.165) is 48.6 Å². The maximum atomic E-state index is 12.7. The number of ether oxygens (including phenoxy) is 1. The predicted molar refractivity (Wildman–Crippen MR) is 105 cm³/mol. The fourth-order valence-corrected chi connectivity index (χ4v) is 4.87. The lowest BCUT2D eigenvalue weighted by atomic mass is 9.95. The average molecular weight is 444 g/mol. The molecule has 0 aromatic carbocycles. The van der Waals surface area contributed by atoms with Crippen LogP contribution in [0.4, 0.5) is 5.00 Å². The first-order valence-corrected chi connectivity index (χ1v) is 11.7. The van der Waals surface area contributed by atoms with Gasteiger partial charge in [-0.15, -0.1) is 11.3 Å². The number of aromatic nitrogens is 2. The van der Waals surface area contributed by atoms with E-state index >= 15 is 0 Å². The second-order valence-corrected chi connectivity index (χ2v) is 9.63. The molecule has 1 N–H and O–H groups in total. The highest BCUT2D eigenvalue weighted by Crippen LogP contribution is 2.39. The van der Waals surface area contributed by atoms with Crippen molar-refractivity contribution in [1.82, 2.24) is 9.97 Å². The number of thiophene rings is 1. The van der Waals surface area contributed by atoms with Crippen LogP contribution in [0.15, 0.2) is 11.4 Å². The van der Waals surface area contributed by atoms with Gasteiger partial charge in [-0.05, 0) is 38.2 Å². The largest absolute Gasteiger partial charge is 0.462 e. The van der Waals surface area contributed by atoms with Gasteiger partial charge >= 0.3 is 5.97 Å². The Morgan fingerprint density at radius 1 is 1.32 bits per heavy atom. The Bertz CT molecular complexity index is 1050. The number of sulfone groups is 1. The smallest absolute Gasteiger partial charge is 0.341 e. The van der Waals surface area contributed by atoms with E-state index in [4.69, 9.17) is 16.3 Å². The molecular weight excluding hydrogens is 426 g/mol. The van der Waals surface area contributed by atoms with Crippen molar-refractivity contribution in [2.75, 3.05) is 18.2 Å². The summed E-state index contributed by atoms with van der Waals surface area (Å²) < 4.78 is 28.5. The highest BCUT2D eigenvalue weighted by atomic mass is 35.5. The van der Waals surface area contributed by atoms with Gasteiger partial charge in [-0.1, -0.05) is 11.6 Å². The van der Waals surface area contributed by atoms with Crippen molar-refractivity contribution in [3.63, 3.8) is 0 Å². The predicted octanol–water partition coefficient (Wildman–Crippen LogP) is 2.90. The molecule has 0 aliphatic heterocycles. The monoisotopic (exact) mass is 443 g/mol. The summed E-state index contributed by atoms with van der Waals surface area (Å²) in [4.78, 5) is 33.7. The molecule has 0 saturated carbocycles. The van der Waals surface area contributed by atoms with Gasteiger partial charge < -0.3 is 10.1 Å². The number of anilines is 1. The van der Waals surface area contributed by atoms with E-state index in [9.17, 15) is 18.0 Å². The Labute approximate surface area is 171 Å². The molecule has 1 aliphatic carbocycles. The number of halogens is 1. The maximum Gasteiger partial charge on any atom is 0.341 e. The van der Waals surface area contributed by atoms with E-state index in [-0.39, 0.29) is 17.3 Å². The number of aryl methyl sites for hydroxylation is 1. The number of carbonyl (C=O) groups is 2. The van der Waals surface area contributed by atoms with E-state index in [1.807, 2.05) is 0 Å². The fourth-order valence-electron chi connectivity index (χ4n) is 2.92. The number of amides is 1. The van der Waals surface area contributed by atoms with Crippen molar-refractivity contribution in [3.05, 3.63) is 32.9 Å². The highest BCUT2D eigenvalue weighted by Gasteiger charge is 2.28. The molecular formula is C17H18ClN3O5S2. The number of hydrogen-bond acceptors (Lipinski definition) is 8. The summed E-state index contributed by atoms with van der Waals surface area (Å²) in [6.07, 6.45) is 5.53. The molecule has 3 rings (SSSR count). The average Bonchev–Trinajstić information content (AvgIpc) is 2.99. The first-order valence-electron chi connectivity index (χ1n) is 8.58. The third-order valence-electron chi connectivity index (χ3n) is 4.15. The van der Waals surface area contributed by atoms with Crippen LogP contribution in [-0.4, -0.2) is 43.1 Å². The molecule has 28 heavy (non-hydrogen) atoms. The lowest BCUT2D eigenvalue weighted by Crippen LogP contribution is -2.18. The lowest BCUT2D eigenvalue weighted by molar-refractivity contribution is 0.0526. The third-order valence-corrected chi connectivity index (χ3v) is 6.49. The van der Waals surface area contributed by atoms with E-state index in [1.165, 1.54) is 11.3 Å². The summed E-state index contributed by atoms with van der Waals surface area (Å²) in [7, 11) is -3.71. The highest BCUT2D eigenvalue weighted by molar-refractivity contribution is 7.90. The zero-order chi connectivity index (χ0) is 20.5. The summed E-state index contributed by atoms with van der Waals surface area (Å²) in [6.45, 7) is 1.93. The number of rotatable bonds is 5. The first-order chi connectivity index (χ1) is 13.2. The Kier molecular flexibility index (Phi) is 6.01. The van der Waals surface area contributed by atoms with Crippen molar-refractivity contribution in [3.8, 4) is 0 Å². The molecule has 0 unspecified atom stereocenters. The second kappa shape index (κ2) is 8.14. The maximum absolute atomic E-state index is 12.7. The molecule has 0 spiro atoms. The van der Waals surface area contributed by atoms with Crippen LogP contribution in [0.3, 0.4) is 0 Å². The van der Waals surface area contributed by atoms with Crippen molar-refractivity contribution in [2.45, 2.75) is 37.8 Å². The molecule has 0 fully saturated rings. The summed E-state index contributed by atoms with van der Waals surface area (Å²) >= 11 is 7.31. The minimum Gasteiger partial charge on any atom is -0.462 e. The Morgan fingerprint density at radius 2 is 2.04 bits per heavy atom. The molecule has 0 bridgehead atoms. The van der Waals surface area contributed by atoms with Crippen molar-refractivity contribution >= 4 is 49.7 Å². The minimum atomic E-state index is -3.71. The topological polar surface area (TPSA) is 115 Å². The summed E-state index contributed by atoms with van der Waals surface area (Å²) in [5.41, 5.74) is 0.970. The van der Waals surface area contributed by atoms with Crippen molar-refractivity contribution in [2.24, 2.45) is 0 Å². The van der Waals surface area contributed by atoms with Crippen LogP contribution in [0.1, 0.15) is 51.1 Å². The first kappa shape index (κ1) is 20.7. The minimum absolute atomic E-state index is 0.0936. The van der Waals surface area contributed by atoms with Gasteiger partial charge in [0.2, 0.25) is 15.0 Å². The van der Waals surface area contributed by atoms with Crippen LogP contribution in [-0.2, 0) is 27.4 Å². The zero-order valence-corrected chi connectivity index (χ0v) is 17.6. The molecule has 2 aromatic heterocycles.